The van der Waals surface area contributed by atoms with Gasteiger partial charge >= 0.3 is 141 Å². The zero-order valence-corrected chi connectivity index (χ0v) is 39.5. The number of rotatable bonds is 7. The number of hydrogen-bond acceptors (Lipinski definition) is 4. The SMILES string of the molecule is C1=Cc2cc3c(-c4ccccc4)c(-c4ccccc4)c(c(-c4ccccc4)c4nc(cc5ccc(cc1n2)[nH]5)C=C4)n3-c1ccccc1.C=C(C)C(=O)O[C]1([Pd])C(F)=C(F)C(c2ccccc2)=C(F)C1F. The number of H-pyrrole nitrogens is 1. The van der Waals surface area contributed by atoms with Crippen molar-refractivity contribution in [2.75, 3.05) is 0 Å². The van der Waals surface area contributed by atoms with E-state index in [1.165, 1.54) is 31.2 Å². The molecule has 1 N–H and O–H groups in total. The minimum absolute atomic E-state index is 0.0365. The number of esters is 1. The van der Waals surface area contributed by atoms with Gasteiger partial charge in [0.05, 0.1) is 33.8 Å². The number of fused-ring (bicyclic) bond motifs is 8. The van der Waals surface area contributed by atoms with E-state index in [1.54, 1.807) is 6.07 Å². The maximum absolute atomic E-state index is 14.4. The number of ether oxygens (including phenoxy) is 1. The van der Waals surface area contributed by atoms with Crippen molar-refractivity contribution in [1.29, 1.82) is 0 Å². The molecule has 71 heavy (non-hydrogen) atoms. The molecule has 0 saturated carbocycles. The van der Waals surface area contributed by atoms with Gasteiger partial charge in [-0.3, -0.25) is 0 Å². The first-order valence-electron chi connectivity index (χ1n) is 22.6. The maximum atomic E-state index is 14.4. The third kappa shape index (κ3) is 9.10. The molecule has 0 saturated heterocycles. The van der Waals surface area contributed by atoms with E-state index in [-0.39, 0.29) is 11.1 Å². The first-order valence-corrected chi connectivity index (χ1v) is 23.3. The van der Waals surface area contributed by atoms with Gasteiger partial charge < -0.3 is 9.55 Å². The Labute approximate surface area is 417 Å². The normalized spacial score (nSPS) is 16.1. The van der Waals surface area contributed by atoms with Crippen LogP contribution < -0.4 is 0 Å². The van der Waals surface area contributed by atoms with Gasteiger partial charge in [0, 0.05) is 33.4 Å². The molecule has 11 heteroatoms. The third-order valence-electron chi connectivity index (χ3n) is 12.0. The number of para-hydroxylation sites is 1. The quantitative estimate of drug-likeness (QED) is 0.0747. The Morgan fingerprint density at radius 2 is 1.08 bits per heavy atom. The van der Waals surface area contributed by atoms with Crippen molar-refractivity contribution in [2.45, 2.75) is 17.2 Å². The van der Waals surface area contributed by atoms with Crippen molar-refractivity contribution in [3.63, 3.8) is 0 Å². The molecular weight excluding hydrogens is 991 g/mol. The van der Waals surface area contributed by atoms with Gasteiger partial charge in [-0.15, -0.1) is 0 Å². The van der Waals surface area contributed by atoms with E-state index in [4.69, 9.17) is 9.97 Å². The van der Waals surface area contributed by atoms with Gasteiger partial charge in [0.1, 0.15) is 0 Å². The van der Waals surface area contributed by atoms with Crippen molar-refractivity contribution < 1.29 is 46.3 Å². The fourth-order valence-corrected chi connectivity index (χ4v) is 9.26. The summed E-state index contributed by atoms with van der Waals surface area (Å²) in [5.74, 6) is -6.14. The minimum atomic E-state index is -2.87. The Kier molecular flexibility index (Phi) is 12.9. The number of carbonyl (C=O) groups is 1. The molecule has 6 nitrogen and oxygen atoms in total. The van der Waals surface area contributed by atoms with Gasteiger partial charge in [-0.05, 0) is 83.5 Å². The monoisotopic (exact) mass is 1030 g/mol. The molecule has 3 aliphatic rings. The molecule has 0 spiro atoms. The van der Waals surface area contributed by atoms with Crippen LogP contribution in [0.25, 0.3) is 91.0 Å². The number of nitrogens with zero attached hydrogens (tertiary/aromatic N) is 3. The molecule has 8 aromatic rings. The standard InChI is InChI=1S/C44H30N4.C16H11F4O2.Pd/c1-5-13-30(14-6-1)41-39-26-25-36(47-39)28-35-22-21-33(45-35)27-34-23-24-37(46-34)29-40-42(31-15-7-2-8-16-31)43(32-17-9-3-10-18-32)44(41)48(40)38-19-11-4-12-20-38;1-8(2)16(21)22-15-13(19)11(17)10(12(18)14(15)20)9-6-4-3-5-7-9;/h1-29,45H;3-7,13H,1H2,2H3;. The fraction of sp³-hybridized carbons (Fsp3) is 0.0500. The van der Waals surface area contributed by atoms with Crippen LogP contribution in [0.4, 0.5) is 17.6 Å². The number of hydrogen-bond donors (Lipinski definition) is 1. The summed E-state index contributed by atoms with van der Waals surface area (Å²) in [6.07, 6.45) is 5.69. The zero-order chi connectivity index (χ0) is 49.2. The number of allylic oxidation sites excluding steroid dienone is 2. The van der Waals surface area contributed by atoms with Gasteiger partial charge in [0.15, 0.2) is 0 Å². The van der Waals surface area contributed by atoms with E-state index in [1.807, 2.05) is 0 Å². The van der Waals surface area contributed by atoms with Crippen molar-refractivity contribution in [3.05, 3.63) is 240 Å². The number of aromatic amines is 1. The van der Waals surface area contributed by atoms with E-state index < -0.39 is 39.3 Å². The van der Waals surface area contributed by atoms with Crippen LogP contribution in [0, 0.1) is 0 Å². The van der Waals surface area contributed by atoms with Crippen LogP contribution >= 0.6 is 0 Å². The average Bonchev–Trinajstić information content (AvgIpc) is 4.22. The molecule has 351 valence electrons. The van der Waals surface area contributed by atoms with Crippen LogP contribution in [0.1, 0.15) is 35.3 Å². The molecule has 5 heterocycles. The van der Waals surface area contributed by atoms with Gasteiger partial charge in [-0.2, -0.15) is 0 Å². The number of nitrogens with one attached hydrogen (secondary N) is 1. The molecule has 2 atom stereocenters. The van der Waals surface area contributed by atoms with Gasteiger partial charge in [0.2, 0.25) is 0 Å². The number of halogens is 4. The summed E-state index contributed by atoms with van der Waals surface area (Å²) < 4.78 is 61.4. The second kappa shape index (κ2) is 19.6. The molecule has 2 unspecified atom stereocenters. The number of benzene rings is 5. The van der Waals surface area contributed by atoms with Crippen LogP contribution in [0.3, 0.4) is 0 Å². The Hall–Kier alpha value is -8.23. The molecule has 3 aromatic heterocycles. The van der Waals surface area contributed by atoms with Crippen molar-refractivity contribution in [2.24, 2.45) is 0 Å². The molecule has 0 amide bonds. The van der Waals surface area contributed by atoms with E-state index in [9.17, 15) is 22.4 Å². The van der Waals surface area contributed by atoms with E-state index in [2.05, 4.69) is 216 Å². The van der Waals surface area contributed by atoms with Crippen LogP contribution in [0.15, 0.2) is 212 Å². The molecule has 1 aliphatic carbocycles. The van der Waals surface area contributed by atoms with Gasteiger partial charge in [0.25, 0.3) is 0 Å². The summed E-state index contributed by atoms with van der Waals surface area (Å²) in [5, 5.41) is 0. The Morgan fingerprint density at radius 1 is 0.620 bits per heavy atom. The average molecular weight is 1030 g/mol. The second-order valence-corrected chi connectivity index (χ2v) is 18.0. The summed E-state index contributed by atoms with van der Waals surface area (Å²) in [7, 11) is 0. The topological polar surface area (TPSA) is 72.8 Å². The predicted molar refractivity (Wildman–Crippen MR) is 272 cm³/mol. The summed E-state index contributed by atoms with van der Waals surface area (Å²) in [5.41, 5.74) is 14.4. The molecule has 0 fully saturated rings. The Bertz CT molecular complexity index is 3660. The molecule has 8 bridgehead atoms. The number of alkyl halides is 1. The molecule has 0 radical (unpaired) electrons. The summed E-state index contributed by atoms with van der Waals surface area (Å²) in [4.78, 5) is 25.4. The van der Waals surface area contributed by atoms with Crippen molar-refractivity contribution >= 4 is 57.9 Å². The zero-order valence-electron chi connectivity index (χ0n) is 37.9. The Morgan fingerprint density at radius 3 is 1.63 bits per heavy atom. The van der Waals surface area contributed by atoms with Crippen molar-refractivity contribution in [1.82, 2.24) is 19.5 Å². The Balaban J connectivity index is 0.000000213. The molecule has 11 rings (SSSR count). The summed E-state index contributed by atoms with van der Waals surface area (Å²) in [6, 6.07) is 60.5. The van der Waals surface area contributed by atoms with Crippen molar-refractivity contribution in [3.8, 4) is 39.1 Å². The van der Waals surface area contributed by atoms with Gasteiger partial charge in [-0.1, -0.05) is 109 Å². The summed E-state index contributed by atoms with van der Waals surface area (Å²) >= 11 is 2.13. The summed E-state index contributed by atoms with van der Waals surface area (Å²) in [6.45, 7) is 4.49. The van der Waals surface area contributed by atoms with Crippen LogP contribution in [0.2, 0.25) is 0 Å². The van der Waals surface area contributed by atoms with E-state index in [0.717, 1.165) is 83.9 Å². The van der Waals surface area contributed by atoms with E-state index >= 15 is 0 Å². The first kappa shape index (κ1) is 46.5. The molecular formula is C60H41F4N4O2Pd. The molecule has 5 aromatic carbocycles. The second-order valence-electron chi connectivity index (χ2n) is 16.8. The van der Waals surface area contributed by atoms with Crippen LogP contribution in [-0.4, -0.2) is 35.7 Å². The van der Waals surface area contributed by atoms with E-state index in [0.29, 0.717) is 0 Å². The van der Waals surface area contributed by atoms with Crippen LogP contribution in [-0.2, 0) is 28.7 Å². The van der Waals surface area contributed by atoms with Gasteiger partial charge in [-0.25, -0.2) is 9.97 Å². The number of carbonyl (C=O) groups excluding carboxylic acids is 1. The predicted octanol–water partition coefficient (Wildman–Crippen LogP) is 15.4. The van der Waals surface area contributed by atoms with Crippen LogP contribution in [0.5, 0.6) is 0 Å². The fourth-order valence-electron chi connectivity index (χ4n) is 8.75. The third-order valence-corrected chi connectivity index (χ3v) is 12.9. The first-order chi connectivity index (χ1) is 34.5. The number of aromatic nitrogens is 4. The molecule has 2 aliphatic heterocycles.